The van der Waals surface area contributed by atoms with Crippen molar-refractivity contribution in [1.82, 2.24) is 5.32 Å². The molecule has 2 aliphatic rings. The number of ketones is 2. The Hall–Kier alpha value is -2.61. The number of carbonyl (C=O) groups excluding carboxylic acids is 3. The van der Waals surface area contributed by atoms with Gasteiger partial charge in [-0.05, 0) is 31.2 Å². The molecule has 1 amide bonds. The molecule has 0 aromatic heterocycles. The van der Waals surface area contributed by atoms with Crippen LogP contribution in [0, 0.1) is 23.7 Å². The first kappa shape index (κ1) is 28.0. The van der Waals surface area contributed by atoms with E-state index in [2.05, 4.69) is 5.32 Å². The van der Waals surface area contributed by atoms with E-state index < -0.39 is 17.8 Å². The minimum absolute atomic E-state index is 0.0146. The molecule has 3 rings (SSSR count). The van der Waals surface area contributed by atoms with E-state index in [1.165, 1.54) is 21.1 Å². The number of hydrogen-bond donors (Lipinski definition) is 2. The number of Topliss-reactive ketones (excluding diaryl/α,β-unsaturated/α-hetero) is 2. The van der Waals surface area contributed by atoms with Crippen LogP contribution in [0.15, 0.2) is 53.6 Å². The molecule has 36 heavy (non-hydrogen) atoms. The molecule has 1 aromatic carbocycles. The van der Waals surface area contributed by atoms with Crippen LogP contribution in [0.3, 0.4) is 0 Å². The highest BCUT2D eigenvalue weighted by Crippen LogP contribution is 2.43. The molecule has 0 spiro atoms. The van der Waals surface area contributed by atoms with E-state index in [4.69, 9.17) is 9.47 Å². The summed E-state index contributed by atoms with van der Waals surface area (Å²) in [7, 11) is 2.91. The topological polar surface area (TPSA) is 102 Å². The SMILES string of the molecule is COC(C[C@@](C)(O)C(=O)[C@@H](C)C/C=C/C1=C2C(=O)N[C@@H](Cc3ccccc3)[C@@H]2[C@H](C)[C@@H](C)C1=O)OC. The average molecular weight is 498 g/mol. The van der Waals surface area contributed by atoms with Gasteiger partial charge in [-0.3, -0.25) is 14.4 Å². The number of aliphatic hydroxyl groups is 1. The first-order valence-corrected chi connectivity index (χ1v) is 12.6. The standard InChI is InChI=1S/C29H39NO6/c1-17(27(32)29(4,34)16-23(35-5)36-6)11-10-14-21-25-24(18(2)19(3)26(21)31)22(30-28(25)33)15-20-12-8-7-9-13-20/h7-10,12-14,17-19,22-24,34H,11,15-16H2,1-6H3,(H,30,33)/b14-10+/t17-,18+,19+,22-,24-,29+/m0/s1. The number of benzene rings is 1. The fourth-order valence-electron chi connectivity index (χ4n) is 5.48. The highest BCUT2D eigenvalue weighted by atomic mass is 16.7. The molecule has 7 heteroatoms. The van der Waals surface area contributed by atoms with Crippen molar-refractivity contribution < 1.29 is 29.0 Å². The van der Waals surface area contributed by atoms with Crippen LogP contribution in [0.25, 0.3) is 0 Å². The molecule has 2 N–H and O–H groups in total. The van der Waals surface area contributed by atoms with Crippen LogP contribution in [0.5, 0.6) is 0 Å². The summed E-state index contributed by atoms with van der Waals surface area (Å²) in [5, 5.41) is 13.8. The Morgan fingerprint density at radius 2 is 1.81 bits per heavy atom. The van der Waals surface area contributed by atoms with E-state index in [-0.39, 0.29) is 47.7 Å². The van der Waals surface area contributed by atoms with Crippen LogP contribution in [-0.4, -0.2) is 54.7 Å². The Morgan fingerprint density at radius 3 is 2.42 bits per heavy atom. The Balaban J connectivity index is 1.79. The number of methoxy groups -OCH3 is 2. The van der Waals surface area contributed by atoms with E-state index in [9.17, 15) is 19.5 Å². The van der Waals surface area contributed by atoms with Gasteiger partial charge in [0, 0.05) is 55.6 Å². The predicted octanol–water partition coefficient (Wildman–Crippen LogP) is 3.41. The highest BCUT2D eigenvalue weighted by Gasteiger charge is 2.49. The van der Waals surface area contributed by atoms with Crippen LogP contribution < -0.4 is 5.32 Å². The maximum Gasteiger partial charge on any atom is 0.248 e. The maximum absolute atomic E-state index is 13.2. The number of amides is 1. The van der Waals surface area contributed by atoms with Crippen molar-refractivity contribution in [2.45, 2.75) is 64.9 Å². The van der Waals surface area contributed by atoms with Crippen molar-refractivity contribution in [2.75, 3.05) is 14.2 Å². The molecule has 196 valence electrons. The zero-order chi connectivity index (χ0) is 26.6. The van der Waals surface area contributed by atoms with E-state index in [0.29, 0.717) is 24.0 Å². The van der Waals surface area contributed by atoms with Crippen LogP contribution >= 0.6 is 0 Å². The van der Waals surface area contributed by atoms with Gasteiger partial charge in [-0.15, -0.1) is 0 Å². The summed E-state index contributed by atoms with van der Waals surface area (Å²) < 4.78 is 10.2. The Kier molecular flexibility index (Phi) is 9.03. The quantitative estimate of drug-likeness (QED) is 0.455. The van der Waals surface area contributed by atoms with Crippen molar-refractivity contribution >= 4 is 17.5 Å². The van der Waals surface area contributed by atoms with Gasteiger partial charge < -0.3 is 19.9 Å². The van der Waals surface area contributed by atoms with Gasteiger partial charge in [0.25, 0.3) is 0 Å². The van der Waals surface area contributed by atoms with Gasteiger partial charge in [0.05, 0.1) is 0 Å². The first-order valence-electron chi connectivity index (χ1n) is 12.6. The van der Waals surface area contributed by atoms with Crippen molar-refractivity contribution in [2.24, 2.45) is 23.7 Å². The molecular formula is C29H39NO6. The maximum atomic E-state index is 13.2. The molecule has 0 bridgehead atoms. The number of hydrogen-bond acceptors (Lipinski definition) is 6. The van der Waals surface area contributed by atoms with Gasteiger partial charge >= 0.3 is 0 Å². The summed E-state index contributed by atoms with van der Waals surface area (Å²) in [4.78, 5) is 39.2. The van der Waals surface area contributed by atoms with Crippen LogP contribution in [0.2, 0.25) is 0 Å². The minimum atomic E-state index is -1.61. The lowest BCUT2D eigenvalue weighted by atomic mass is 9.68. The summed E-state index contributed by atoms with van der Waals surface area (Å²) in [6.07, 6.45) is 3.81. The largest absolute Gasteiger partial charge is 0.382 e. The number of nitrogens with one attached hydrogen (secondary N) is 1. The van der Waals surface area contributed by atoms with Gasteiger partial charge in [-0.1, -0.05) is 63.3 Å². The molecule has 1 fully saturated rings. The number of rotatable bonds is 11. The molecule has 0 unspecified atom stereocenters. The second-order valence-electron chi connectivity index (χ2n) is 10.4. The summed E-state index contributed by atoms with van der Waals surface area (Å²) in [6, 6.07) is 9.95. The lowest BCUT2D eigenvalue weighted by Crippen LogP contribution is -2.42. The van der Waals surface area contributed by atoms with E-state index >= 15 is 0 Å². The van der Waals surface area contributed by atoms with Gasteiger partial charge in [-0.2, -0.15) is 0 Å². The lowest BCUT2D eigenvalue weighted by molar-refractivity contribution is -0.161. The molecule has 1 aliphatic heterocycles. The molecular weight excluding hydrogens is 458 g/mol. The number of allylic oxidation sites excluding steroid dienone is 3. The fourth-order valence-corrected chi connectivity index (χ4v) is 5.48. The Morgan fingerprint density at radius 1 is 1.17 bits per heavy atom. The molecule has 1 aliphatic carbocycles. The monoisotopic (exact) mass is 497 g/mol. The zero-order valence-electron chi connectivity index (χ0n) is 22.1. The van der Waals surface area contributed by atoms with Crippen LogP contribution in [0.1, 0.15) is 46.1 Å². The lowest BCUT2D eigenvalue weighted by Gasteiger charge is -2.34. The number of carbonyl (C=O) groups is 3. The van der Waals surface area contributed by atoms with Gasteiger partial charge in [0.15, 0.2) is 17.9 Å². The molecule has 6 atom stereocenters. The van der Waals surface area contributed by atoms with Gasteiger partial charge in [0.1, 0.15) is 5.60 Å². The molecule has 0 radical (unpaired) electrons. The Bertz CT molecular complexity index is 1020. The van der Waals surface area contributed by atoms with E-state index in [1.54, 1.807) is 19.1 Å². The first-order chi connectivity index (χ1) is 17.0. The molecule has 1 aromatic rings. The number of ether oxygens (including phenoxy) is 2. The van der Waals surface area contributed by atoms with E-state index in [0.717, 1.165) is 5.56 Å². The summed E-state index contributed by atoms with van der Waals surface area (Å²) in [5.41, 5.74) is 0.513. The predicted molar refractivity (Wildman–Crippen MR) is 137 cm³/mol. The second kappa shape index (κ2) is 11.6. The van der Waals surface area contributed by atoms with Crippen molar-refractivity contribution in [3.05, 3.63) is 59.2 Å². The van der Waals surface area contributed by atoms with Crippen LogP contribution in [-0.2, 0) is 30.3 Å². The zero-order valence-corrected chi connectivity index (χ0v) is 22.1. The van der Waals surface area contributed by atoms with Crippen LogP contribution in [0.4, 0.5) is 0 Å². The molecule has 1 saturated heterocycles. The molecule has 0 saturated carbocycles. The smallest absolute Gasteiger partial charge is 0.248 e. The van der Waals surface area contributed by atoms with Crippen molar-refractivity contribution in [1.29, 1.82) is 0 Å². The second-order valence-corrected chi connectivity index (χ2v) is 10.4. The summed E-state index contributed by atoms with van der Waals surface area (Å²) in [6.45, 7) is 7.16. The normalized spacial score (nSPS) is 26.8. The molecule has 7 nitrogen and oxygen atoms in total. The average Bonchev–Trinajstić information content (AvgIpc) is 3.18. The van der Waals surface area contributed by atoms with Crippen molar-refractivity contribution in [3.8, 4) is 0 Å². The third kappa shape index (κ3) is 5.85. The minimum Gasteiger partial charge on any atom is -0.382 e. The van der Waals surface area contributed by atoms with E-state index in [1.807, 2.05) is 44.2 Å². The fraction of sp³-hybridized carbons (Fsp3) is 0.552. The van der Waals surface area contributed by atoms with Gasteiger partial charge in [0.2, 0.25) is 5.91 Å². The summed E-state index contributed by atoms with van der Waals surface area (Å²) in [5.74, 6) is -1.32. The third-order valence-corrected chi connectivity index (χ3v) is 7.79. The third-order valence-electron chi connectivity index (χ3n) is 7.79. The molecule has 1 heterocycles. The van der Waals surface area contributed by atoms with Gasteiger partial charge in [-0.25, -0.2) is 0 Å². The van der Waals surface area contributed by atoms with Crippen molar-refractivity contribution in [3.63, 3.8) is 0 Å². The Labute approximate surface area is 213 Å². The summed E-state index contributed by atoms with van der Waals surface area (Å²) >= 11 is 0. The number of fused-ring (bicyclic) bond motifs is 1. The highest BCUT2D eigenvalue weighted by molar-refractivity contribution is 6.11.